The van der Waals surface area contributed by atoms with Crippen molar-refractivity contribution in [2.45, 2.75) is 64.6 Å². The van der Waals surface area contributed by atoms with Crippen LogP contribution in [0.4, 0.5) is 0 Å². The summed E-state index contributed by atoms with van der Waals surface area (Å²) < 4.78 is 11.5. The monoisotopic (exact) mass is 365 g/mol. The Labute approximate surface area is 155 Å². The van der Waals surface area contributed by atoms with Gasteiger partial charge in [0.1, 0.15) is 6.61 Å². The molecule has 2 saturated carbocycles. The molecule has 0 bridgehead atoms. The molecule has 3 fully saturated rings. The number of carbonyl (C=O) groups is 1. The van der Waals surface area contributed by atoms with Gasteiger partial charge in [-0.2, -0.15) is 0 Å². The molecule has 0 amide bonds. The average molecular weight is 365 g/mol. The Hall–Kier alpha value is -1.40. The molecule has 5 unspecified atom stereocenters. The molecule has 0 aromatic rings. The van der Waals surface area contributed by atoms with Crippen LogP contribution in [0.15, 0.2) is 16.8 Å². The van der Waals surface area contributed by atoms with E-state index in [0.717, 1.165) is 50.5 Å². The van der Waals surface area contributed by atoms with Crippen LogP contribution < -0.4 is 0 Å². The van der Waals surface area contributed by atoms with E-state index >= 15 is 0 Å². The SMILES string of the molecule is CC12CCC3C(CC/C(=N\O)C3(C)C)C1CC(C1=CCOC1=O)O2.CO. The van der Waals surface area contributed by atoms with E-state index in [1.54, 1.807) is 0 Å². The van der Waals surface area contributed by atoms with E-state index in [4.69, 9.17) is 14.6 Å². The van der Waals surface area contributed by atoms with E-state index < -0.39 is 0 Å². The number of nitrogens with zero attached hydrogens (tertiary/aromatic N) is 1. The summed E-state index contributed by atoms with van der Waals surface area (Å²) in [6.07, 6.45) is 6.65. The predicted octanol–water partition coefficient (Wildman–Crippen LogP) is 2.92. The molecule has 0 radical (unpaired) electrons. The second-order valence-corrected chi connectivity index (χ2v) is 8.64. The van der Waals surface area contributed by atoms with Gasteiger partial charge in [0.05, 0.1) is 23.0 Å². The number of fused-ring (bicyclic) bond motifs is 3. The van der Waals surface area contributed by atoms with Crippen molar-refractivity contribution >= 4 is 11.7 Å². The number of aliphatic hydroxyl groups is 1. The molecule has 4 rings (SSSR count). The van der Waals surface area contributed by atoms with Gasteiger partial charge in [0, 0.05) is 12.5 Å². The number of esters is 1. The summed E-state index contributed by atoms with van der Waals surface area (Å²) >= 11 is 0. The zero-order valence-corrected chi connectivity index (χ0v) is 16.2. The van der Waals surface area contributed by atoms with E-state index in [2.05, 4.69) is 25.9 Å². The Kier molecular flexibility index (Phi) is 5.19. The summed E-state index contributed by atoms with van der Waals surface area (Å²) in [4.78, 5) is 11.9. The summed E-state index contributed by atoms with van der Waals surface area (Å²) in [6, 6.07) is 0. The smallest absolute Gasteiger partial charge is 0.336 e. The topological polar surface area (TPSA) is 88.4 Å². The van der Waals surface area contributed by atoms with Crippen molar-refractivity contribution in [2.24, 2.45) is 28.3 Å². The third kappa shape index (κ3) is 2.87. The molecule has 26 heavy (non-hydrogen) atoms. The number of rotatable bonds is 1. The highest BCUT2D eigenvalue weighted by molar-refractivity contribution is 5.91. The fraction of sp³-hybridized carbons (Fsp3) is 0.800. The van der Waals surface area contributed by atoms with Gasteiger partial charge in [-0.1, -0.05) is 19.0 Å². The minimum atomic E-state index is -0.211. The van der Waals surface area contributed by atoms with E-state index in [1.807, 2.05) is 6.08 Å². The third-order valence-electron chi connectivity index (χ3n) is 7.26. The molecule has 5 atom stereocenters. The second-order valence-electron chi connectivity index (χ2n) is 8.64. The number of carbonyl (C=O) groups excluding carboxylic acids is 1. The Morgan fingerprint density at radius 1 is 1.19 bits per heavy atom. The first kappa shape index (κ1) is 19.4. The van der Waals surface area contributed by atoms with Crippen LogP contribution in [-0.2, 0) is 14.3 Å². The van der Waals surface area contributed by atoms with Crippen molar-refractivity contribution in [1.29, 1.82) is 0 Å². The molecule has 2 aliphatic heterocycles. The maximum Gasteiger partial charge on any atom is 0.336 e. The van der Waals surface area contributed by atoms with E-state index in [0.29, 0.717) is 24.4 Å². The fourth-order valence-electron chi connectivity index (χ4n) is 5.89. The first-order valence-corrected chi connectivity index (χ1v) is 9.58. The highest BCUT2D eigenvalue weighted by atomic mass is 16.5. The van der Waals surface area contributed by atoms with Crippen LogP contribution in [0.25, 0.3) is 0 Å². The van der Waals surface area contributed by atoms with Crippen molar-refractivity contribution in [3.05, 3.63) is 11.6 Å². The number of ether oxygens (including phenoxy) is 2. The van der Waals surface area contributed by atoms with Crippen molar-refractivity contribution in [2.75, 3.05) is 13.7 Å². The molecule has 2 aliphatic carbocycles. The number of aliphatic hydroxyl groups excluding tert-OH is 1. The summed E-state index contributed by atoms with van der Waals surface area (Å²) in [7, 11) is 1.00. The predicted molar refractivity (Wildman–Crippen MR) is 97.0 cm³/mol. The van der Waals surface area contributed by atoms with Crippen molar-refractivity contribution in [3.63, 3.8) is 0 Å². The number of hydrogen-bond donors (Lipinski definition) is 2. The summed E-state index contributed by atoms with van der Waals surface area (Å²) in [6.45, 7) is 7.03. The Bertz CT molecular complexity index is 626. The Balaban J connectivity index is 0.000000948. The van der Waals surface area contributed by atoms with Gasteiger partial charge in [-0.05, 0) is 62.9 Å². The van der Waals surface area contributed by atoms with E-state index in [1.165, 1.54) is 0 Å². The highest BCUT2D eigenvalue weighted by Crippen LogP contribution is 2.59. The van der Waals surface area contributed by atoms with Gasteiger partial charge in [-0.25, -0.2) is 4.79 Å². The van der Waals surface area contributed by atoms with Crippen LogP contribution in [0.1, 0.15) is 52.9 Å². The molecule has 146 valence electrons. The lowest BCUT2D eigenvalue weighted by Gasteiger charge is -2.53. The van der Waals surface area contributed by atoms with Crippen LogP contribution >= 0.6 is 0 Å². The highest BCUT2D eigenvalue weighted by Gasteiger charge is 2.58. The van der Waals surface area contributed by atoms with Crippen molar-refractivity contribution in [1.82, 2.24) is 0 Å². The molecule has 6 heteroatoms. The molecule has 6 nitrogen and oxygen atoms in total. The largest absolute Gasteiger partial charge is 0.458 e. The lowest BCUT2D eigenvalue weighted by Crippen LogP contribution is -2.52. The van der Waals surface area contributed by atoms with Gasteiger partial charge in [-0.3, -0.25) is 0 Å². The molecular formula is C20H31NO5. The van der Waals surface area contributed by atoms with Crippen LogP contribution in [0.5, 0.6) is 0 Å². The minimum Gasteiger partial charge on any atom is -0.458 e. The molecule has 2 heterocycles. The molecule has 2 N–H and O–H groups in total. The van der Waals surface area contributed by atoms with Crippen molar-refractivity contribution in [3.8, 4) is 0 Å². The first-order valence-electron chi connectivity index (χ1n) is 9.58. The van der Waals surface area contributed by atoms with Crippen LogP contribution in [0.3, 0.4) is 0 Å². The van der Waals surface area contributed by atoms with Gasteiger partial charge in [0.15, 0.2) is 0 Å². The van der Waals surface area contributed by atoms with Crippen LogP contribution in [0.2, 0.25) is 0 Å². The number of hydrogen-bond acceptors (Lipinski definition) is 6. The maximum atomic E-state index is 11.9. The Morgan fingerprint density at radius 2 is 1.92 bits per heavy atom. The molecular weight excluding hydrogens is 334 g/mol. The van der Waals surface area contributed by atoms with Crippen molar-refractivity contribution < 1.29 is 24.6 Å². The summed E-state index contributed by atoms with van der Waals surface area (Å²) in [5, 5.41) is 20.0. The van der Waals surface area contributed by atoms with Crippen LogP contribution in [-0.4, -0.2) is 47.4 Å². The molecule has 0 aromatic heterocycles. The Morgan fingerprint density at radius 3 is 2.54 bits per heavy atom. The summed E-state index contributed by atoms with van der Waals surface area (Å²) in [5.41, 5.74) is 1.43. The number of oxime groups is 1. The zero-order valence-electron chi connectivity index (χ0n) is 16.2. The van der Waals surface area contributed by atoms with E-state index in [-0.39, 0.29) is 23.1 Å². The van der Waals surface area contributed by atoms with Gasteiger partial charge < -0.3 is 19.8 Å². The minimum absolute atomic E-state index is 0.0668. The van der Waals surface area contributed by atoms with Gasteiger partial charge in [0.2, 0.25) is 0 Å². The average Bonchev–Trinajstić information content (AvgIpc) is 3.19. The standard InChI is InChI=1S/C19H27NO4.CH4O/c1-18(2)13-6-8-19(3)14(11(13)4-5-16(18)20-22)10-15(24-19)12-7-9-23-17(12)21;1-2/h7,11,13-15,22H,4-6,8-10H2,1-3H3;2H,1H3/b20-16+;. The van der Waals surface area contributed by atoms with Gasteiger partial charge >= 0.3 is 5.97 Å². The molecule has 4 aliphatic rings. The molecule has 1 saturated heterocycles. The normalized spacial score (nSPS) is 42.3. The summed E-state index contributed by atoms with van der Waals surface area (Å²) in [5.74, 6) is 1.32. The lowest BCUT2D eigenvalue weighted by molar-refractivity contribution is -0.138. The number of cyclic esters (lactones) is 1. The third-order valence-corrected chi connectivity index (χ3v) is 7.26. The lowest BCUT2D eigenvalue weighted by atomic mass is 9.52. The zero-order chi connectivity index (χ0) is 19.1. The maximum absolute atomic E-state index is 11.9. The second kappa shape index (κ2) is 6.97. The quantitative estimate of drug-likeness (QED) is 0.424. The van der Waals surface area contributed by atoms with Crippen LogP contribution in [0, 0.1) is 23.2 Å². The van der Waals surface area contributed by atoms with E-state index in [9.17, 15) is 10.0 Å². The van der Waals surface area contributed by atoms with Gasteiger partial charge in [0.25, 0.3) is 0 Å². The molecule has 0 aromatic carbocycles. The molecule has 0 spiro atoms. The first-order chi connectivity index (χ1) is 12.4. The fourth-order valence-corrected chi connectivity index (χ4v) is 5.89. The van der Waals surface area contributed by atoms with Gasteiger partial charge in [-0.15, -0.1) is 0 Å².